The van der Waals surface area contributed by atoms with Gasteiger partial charge in [-0.3, -0.25) is 4.98 Å². The summed E-state index contributed by atoms with van der Waals surface area (Å²) in [5, 5.41) is 19.7. The van der Waals surface area contributed by atoms with E-state index in [1.54, 1.807) is 0 Å². The molecule has 0 atom stereocenters. The Morgan fingerprint density at radius 3 is 2.74 bits per heavy atom. The van der Waals surface area contributed by atoms with Gasteiger partial charge in [-0.05, 0) is 34.5 Å². The molecule has 134 valence electrons. The van der Waals surface area contributed by atoms with Crippen molar-refractivity contribution in [2.75, 3.05) is 13.1 Å². The van der Waals surface area contributed by atoms with Gasteiger partial charge in [-0.15, -0.1) is 34.6 Å². The fourth-order valence-corrected chi connectivity index (χ4v) is 4.82. The number of rotatable bonds is 4. The predicted molar refractivity (Wildman–Crippen MR) is 110 cm³/mol. The van der Waals surface area contributed by atoms with Gasteiger partial charge in [0.05, 0.1) is 5.52 Å². The minimum absolute atomic E-state index is 0.546. The molecule has 2 aromatic heterocycles. The number of tetrazole rings is 1. The van der Waals surface area contributed by atoms with Crippen molar-refractivity contribution in [2.24, 2.45) is 0 Å². The Kier molecular flexibility index (Phi) is 4.31. The number of fused-ring (bicyclic) bond motifs is 1. The summed E-state index contributed by atoms with van der Waals surface area (Å²) in [7, 11) is 0. The maximum Gasteiger partial charge on any atom is 0.206 e. The zero-order valence-corrected chi connectivity index (χ0v) is 16.0. The van der Waals surface area contributed by atoms with Crippen molar-refractivity contribution in [1.82, 2.24) is 30.9 Å². The van der Waals surface area contributed by atoms with E-state index < -0.39 is 0 Å². The molecule has 5 rings (SSSR count). The number of hydrogen-bond acceptors (Lipinski definition) is 7. The van der Waals surface area contributed by atoms with Crippen molar-refractivity contribution in [2.45, 2.75) is 15.0 Å². The minimum Gasteiger partial charge on any atom is -0.314 e. The van der Waals surface area contributed by atoms with E-state index in [1.165, 1.54) is 0 Å². The Labute approximate surface area is 165 Å². The molecule has 1 saturated heterocycles. The third kappa shape index (κ3) is 2.99. The number of pyridine rings is 1. The number of benzene rings is 2. The second-order valence-corrected chi connectivity index (χ2v) is 8.13. The topological polar surface area (TPSA) is 79.4 Å². The smallest absolute Gasteiger partial charge is 0.206 e. The molecule has 0 saturated carbocycles. The van der Waals surface area contributed by atoms with Gasteiger partial charge < -0.3 is 5.32 Å². The molecule has 1 fully saturated rings. The van der Waals surface area contributed by atoms with Crippen LogP contribution in [0.2, 0.25) is 0 Å². The summed E-state index contributed by atoms with van der Waals surface area (Å²) in [5.41, 5.74) is 3.95. The normalized spacial score (nSPS) is 14.4. The molecule has 2 N–H and O–H groups in total. The summed E-state index contributed by atoms with van der Waals surface area (Å²) >= 11 is 6.71. The van der Waals surface area contributed by atoms with Gasteiger partial charge in [0.15, 0.2) is 0 Å². The van der Waals surface area contributed by atoms with Crippen LogP contribution in [0.25, 0.3) is 33.4 Å². The van der Waals surface area contributed by atoms with E-state index in [1.807, 2.05) is 36.2 Å². The van der Waals surface area contributed by atoms with Crippen LogP contribution in [0.4, 0.5) is 0 Å². The van der Waals surface area contributed by atoms with Gasteiger partial charge in [-0.1, -0.05) is 24.3 Å². The molecule has 0 aliphatic carbocycles. The summed E-state index contributed by atoms with van der Waals surface area (Å²) < 4.78 is 0. The van der Waals surface area contributed by atoms with Crippen molar-refractivity contribution >= 4 is 35.3 Å². The van der Waals surface area contributed by atoms with Crippen molar-refractivity contribution in [1.29, 1.82) is 0 Å². The molecule has 1 aliphatic heterocycles. The molecule has 0 radical (unpaired) electrons. The van der Waals surface area contributed by atoms with Crippen LogP contribution in [0.15, 0.2) is 58.5 Å². The summed E-state index contributed by atoms with van der Waals surface area (Å²) in [5.74, 6) is 0.546. The largest absolute Gasteiger partial charge is 0.314 e. The Morgan fingerprint density at radius 1 is 1.04 bits per heavy atom. The highest BCUT2D eigenvalue weighted by molar-refractivity contribution is 8.00. The lowest BCUT2D eigenvalue weighted by Gasteiger charge is -2.27. The van der Waals surface area contributed by atoms with E-state index in [2.05, 4.69) is 55.2 Å². The van der Waals surface area contributed by atoms with Gasteiger partial charge in [0, 0.05) is 45.3 Å². The molecule has 8 heteroatoms. The lowest BCUT2D eigenvalue weighted by atomic mass is 9.95. The van der Waals surface area contributed by atoms with Crippen LogP contribution >= 0.6 is 24.4 Å². The quantitative estimate of drug-likeness (QED) is 0.462. The highest BCUT2D eigenvalue weighted by Gasteiger charge is 2.23. The number of thiol groups is 1. The van der Waals surface area contributed by atoms with E-state index in [0.29, 0.717) is 11.1 Å². The molecule has 3 heterocycles. The fraction of sp³-hybridized carbons (Fsp3) is 0.158. The lowest BCUT2D eigenvalue weighted by Crippen LogP contribution is -2.44. The SMILES string of the molecule is Sc1c(SC2CNC2)ccc(-c2cccc3ncccc23)c1-c1nn[nH]n1. The Morgan fingerprint density at radius 2 is 1.96 bits per heavy atom. The fourth-order valence-electron chi connectivity index (χ4n) is 3.25. The number of aromatic nitrogens is 5. The summed E-state index contributed by atoms with van der Waals surface area (Å²) in [6.45, 7) is 2.04. The van der Waals surface area contributed by atoms with E-state index in [4.69, 9.17) is 12.6 Å². The van der Waals surface area contributed by atoms with Crippen molar-refractivity contribution in [3.8, 4) is 22.5 Å². The molecule has 0 amide bonds. The Balaban J connectivity index is 1.73. The standard InChI is InChI=1S/C19H16N6S2/c26-18-16(27-11-9-20-10-11)7-6-14(17(18)19-22-24-25-23-19)12-3-1-5-15-13(12)4-2-8-21-15/h1-8,11,20,26H,9-10H2,(H,22,23,24,25). The van der Waals surface area contributed by atoms with E-state index in [-0.39, 0.29) is 0 Å². The van der Waals surface area contributed by atoms with Crippen LogP contribution in [-0.4, -0.2) is 43.9 Å². The molecule has 6 nitrogen and oxygen atoms in total. The predicted octanol–water partition coefficient (Wildman–Crippen LogP) is 3.43. The zero-order chi connectivity index (χ0) is 18.2. The first kappa shape index (κ1) is 16.7. The summed E-state index contributed by atoms with van der Waals surface area (Å²) in [6, 6.07) is 14.4. The number of nitrogens with zero attached hydrogens (tertiary/aromatic N) is 4. The number of nitrogens with one attached hydrogen (secondary N) is 2. The van der Waals surface area contributed by atoms with Gasteiger partial charge in [-0.2, -0.15) is 5.21 Å². The average molecular weight is 393 g/mol. The molecule has 4 aromatic rings. The third-order valence-corrected chi connectivity index (χ3v) is 6.56. The van der Waals surface area contributed by atoms with Crippen LogP contribution in [0.5, 0.6) is 0 Å². The molecular formula is C19H16N6S2. The second-order valence-electron chi connectivity index (χ2n) is 6.34. The number of thioether (sulfide) groups is 1. The van der Waals surface area contributed by atoms with Crippen molar-refractivity contribution < 1.29 is 0 Å². The molecule has 0 bridgehead atoms. The third-order valence-electron chi connectivity index (χ3n) is 4.68. The highest BCUT2D eigenvalue weighted by atomic mass is 32.2. The minimum atomic E-state index is 0.546. The highest BCUT2D eigenvalue weighted by Crippen LogP contribution is 2.43. The number of aromatic amines is 1. The molecule has 0 spiro atoms. The Bertz CT molecular complexity index is 1100. The molecule has 0 unspecified atom stereocenters. The first-order valence-electron chi connectivity index (χ1n) is 8.62. The van der Waals surface area contributed by atoms with Crippen LogP contribution in [0.3, 0.4) is 0 Å². The number of H-pyrrole nitrogens is 1. The van der Waals surface area contributed by atoms with Gasteiger partial charge in [-0.25, -0.2) is 0 Å². The first-order chi connectivity index (χ1) is 13.3. The Hall–Kier alpha value is -2.42. The van der Waals surface area contributed by atoms with E-state index in [9.17, 15) is 0 Å². The molecular weight excluding hydrogens is 376 g/mol. The van der Waals surface area contributed by atoms with Crippen molar-refractivity contribution in [3.05, 3.63) is 48.7 Å². The maximum atomic E-state index is 4.87. The maximum absolute atomic E-state index is 4.87. The van der Waals surface area contributed by atoms with Gasteiger partial charge in [0.1, 0.15) is 0 Å². The monoisotopic (exact) mass is 392 g/mol. The summed E-state index contributed by atoms with van der Waals surface area (Å²) in [4.78, 5) is 6.49. The van der Waals surface area contributed by atoms with Gasteiger partial charge in [0.2, 0.25) is 5.82 Å². The van der Waals surface area contributed by atoms with Gasteiger partial charge >= 0.3 is 0 Å². The van der Waals surface area contributed by atoms with Crippen LogP contribution < -0.4 is 5.32 Å². The van der Waals surface area contributed by atoms with Crippen molar-refractivity contribution in [3.63, 3.8) is 0 Å². The van der Waals surface area contributed by atoms with Crippen LogP contribution in [0, 0.1) is 0 Å². The van der Waals surface area contributed by atoms with Crippen LogP contribution in [-0.2, 0) is 0 Å². The van der Waals surface area contributed by atoms with E-state index in [0.717, 1.165) is 50.5 Å². The molecule has 1 aliphatic rings. The number of hydrogen-bond donors (Lipinski definition) is 3. The van der Waals surface area contributed by atoms with Crippen LogP contribution in [0.1, 0.15) is 0 Å². The van der Waals surface area contributed by atoms with Gasteiger partial charge in [0.25, 0.3) is 0 Å². The summed E-state index contributed by atoms with van der Waals surface area (Å²) in [6.07, 6.45) is 1.81. The lowest BCUT2D eigenvalue weighted by molar-refractivity contribution is 0.543. The first-order valence-corrected chi connectivity index (χ1v) is 9.95. The second kappa shape index (κ2) is 6.95. The molecule has 2 aromatic carbocycles. The zero-order valence-electron chi connectivity index (χ0n) is 14.3. The average Bonchev–Trinajstić information content (AvgIpc) is 3.19. The molecule has 27 heavy (non-hydrogen) atoms. The van der Waals surface area contributed by atoms with E-state index >= 15 is 0 Å².